The number of nitrogens with zero attached hydrogens (tertiary/aromatic N) is 5. The Kier molecular flexibility index (Phi) is 10.4. The maximum atomic E-state index is 14.2. The van der Waals surface area contributed by atoms with Crippen LogP contribution in [0.1, 0.15) is 48.8 Å². The molecule has 1 N–H and O–H groups in total. The lowest BCUT2D eigenvalue weighted by Gasteiger charge is -2.17. The van der Waals surface area contributed by atoms with E-state index in [-0.39, 0.29) is 34.3 Å². The van der Waals surface area contributed by atoms with E-state index in [4.69, 9.17) is 26.3 Å². The summed E-state index contributed by atoms with van der Waals surface area (Å²) in [5.41, 5.74) is 1.04. The normalized spacial score (nSPS) is 13.2. The van der Waals surface area contributed by atoms with E-state index in [9.17, 15) is 9.18 Å². The Morgan fingerprint density at radius 1 is 1.31 bits per heavy atom. The number of rotatable bonds is 13. The monoisotopic (exact) mass is 574 g/mol. The minimum Gasteiger partial charge on any atom is -0.371 e. The van der Waals surface area contributed by atoms with Crippen LogP contribution < -0.4 is 5.32 Å². The van der Waals surface area contributed by atoms with Gasteiger partial charge in [0.15, 0.2) is 0 Å². The third kappa shape index (κ3) is 8.47. The predicted octanol–water partition coefficient (Wildman–Crippen LogP) is 5.64. The highest BCUT2D eigenvalue weighted by Crippen LogP contribution is 2.27. The van der Waals surface area contributed by atoms with E-state index in [0.717, 1.165) is 6.04 Å². The maximum absolute atomic E-state index is 14.2. The summed E-state index contributed by atoms with van der Waals surface area (Å²) in [6, 6.07) is 6.97. The topological polar surface area (TPSA) is 107 Å². The number of benzene rings is 1. The third-order valence-corrected chi connectivity index (χ3v) is 7.98. The highest BCUT2D eigenvalue weighted by molar-refractivity contribution is 6.76. The molecule has 1 aromatic carbocycles. The summed E-state index contributed by atoms with van der Waals surface area (Å²) in [7, 11) is -1.21. The molecule has 9 nitrogen and oxygen atoms in total. The number of hydrogen-bond donors (Lipinski definition) is 1. The van der Waals surface area contributed by atoms with Gasteiger partial charge in [-0.15, -0.1) is 0 Å². The van der Waals surface area contributed by atoms with Gasteiger partial charge in [0.2, 0.25) is 0 Å². The van der Waals surface area contributed by atoms with Crippen LogP contribution in [0.15, 0.2) is 30.6 Å². The average molecular weight is 575 g/mol. The molecule has 2 aromatic heterocycles. The summed E-state index contributed by atoms with van der Waals surface area (Å²) in [6.45, 7) is 14.4. The minimum atomic E-state index is -1.21. The molecule has 1 amide bonds. The van der Waals surface area contributed by atoms with Gasteiger partial charge in [0.1, 0.15) is 41.8 Å². The molecule has 12 heteroatoms. The molecule has 0 aliphatic rings. The van der Waals surface area contributed by atoms with Gasteiger partial charge in [-0.2, -0.15) is 10.4 Å². The van der Waals surface area contributed by atoms with Crippen molar-refractivity contribution in [1.82, 2.24) is 24.6 Å². The number of carbonyl (C=O) groups is 1. The molecule has 0 aliphatic heterocycles. The zero-order chi connectivity index (χ0) is 28.7. The molecule has 210 valence electrons. The number of nitriles is 1. The van der Waals surface area contributed by atoms with E-state index in [1.54, 1.807) is 29.2 Å². The van der Waals surface area contributed by atoms with Crippen molar-refractivity contribution in [2.75, 3.05) is 13.2 Å². The lowest BCUT2D eigenvalue weighted by Crippen LogP contribution is -2.36. The second kappa shape index (κ2) is 13.3. The molecule has 39 heavy (non-hydrogen) atoms. The van der Waals surface area contributed by atoms with Crippen molar-refractivity contribution in [3.63, 3.8) is 0 Å². The van der Waals surface area contributed by atoms with E-state index < -0.39 is 13.9 Å². The zero-order valence-electron chi connectivity index (χ0n) is 23.3. The summed E-state index contributed by atoms with van der Waals surface area (Å²) in [4.78, 5) is 17.6. The van der Waals surface area contributed by atoms with Gasteiger partial charge in [-0.05, 0) is 45.0 Å². The Morgan fingerprint density at radius 2 is 2.05 bits per heavy atom. The van der Waals surface area contributed by atoms with Crippen LogP contribution in [0.5, 0.6) is 0 Å². The van der Waals surface area contributed by atoms with Gasteiger partial charge in [-0.1, -0.05) is 31.2 Å². The number of ether oxygens (including phenoxy) is 2. The first-order valence-electron chi connectivity index (χ1n) is 12.9. The molecule has 0 bridgehead atoms. The predicted molar refractivity (Wildman–Crippen MR) is 151 cm³/mol. The molecule has 2 atom stereocenters. The van der Waals surface area contributed by atoms with E-state index in [1.807, 2.05) is 25.3 Å². The van der Waals surface area contributed by atoms with Crippen LogP contribution in [0.4, 0.5) is 4.39 Å². The van der Waals surface area contributed by atoms with Gasteiger partial charge in [0.05, 0.1) is 17.3 Å². The van der Waals surface area contributed by atoms with Gasteiger partial charge < -0.3 is 19.4 Å². The molecular weight excluding hydrogens is 539 g/mol. The first-order chi connectivity index (χ1) is 18.4. The van der Waals surface area contributed by atoms with Crippen LogP contribution in [0.2, 0.25) is 30.7 Å². The Labute approximate surface area is 234 Å². The lowest BCUT2D eigenvalue weighted by atomic mass is 10.1. The van der Waals surface area contributed by atoms with Crippen molar-refractivity contribution < 1.29 is 18.7 Å². The Hall–Kier alpha value is -3.04. The average Bonchev–Trinajstić information content (AvgIpc) is 3.48. The highest BCUT2D eigenvalue weighted by Gasteiger charge is 2.21. The molecule has 2 unspecified atom stereocenters. The van der Waals surface area contributed by atoms with Gasteiger partial charge in [0.25, 0.3) is 5.91 Å². The minimum absolute atomic E-state index is 0.0293. The van der Waals surface area contributed by atoms with Crippen LogP contribution in [0, 0.1) is 17.1 Å². The number of hydrogen-bond acceptors (Lipinski definition) is 6. The van der Waals surface area contributed by atoms with E-state index in [1.165, 1.54) is 12.1 Å². The van der Waals surface area contributed by atoms with Gasteiger partial charge in [-0.25, -0.2) is 9.37 Å². The van der Waals surface area contributed by atoms with Crippen molar-refractivity contribution >= 4 is 25.6 Å². The summed E-state index contributed by atoms with van der Waals surface area (Å²) in [6.07, 6.45) is 3.13. The van der Waals surface area contributed by atoms with Crippen molar-refractivity contribution in [2.45, 2.75) is 71.9 Å². The molecule has 2 heterocycles. The second-order valence-corrected chi connectivity index (χ2v) is 16.7. The fraction of sp³-hybridized carbons (Fsp3) is 0.481. The Bertz CT molecular complexity index is 1310. The van der Waals surface area contributed by atoms with Crippen molar-refractivity contribution in [2.24, 2.45) is 0 Å². The van der Waals surface area contributed by atoms with Crippen molar-refractivity contribution in [1.29, 1.82) is 5.26 Å². The van der Waals surface area contributed by atoms with E-state index in [2.05, 4.69) is 35.0 Å². The van der Waals surface area contributed by atoms with Gasteiger partial charge in [0, 0.05) is 45.3 Å². The van der Waals surface area contributed by atoms with Crippen LogP contribution in [0.3, 0.4) is 0 Å². The Balaban J connectivity index is 1.66. The maximum Gasteiger partial charge on any atom is 0.271 e. The second-order valence-electron chi connectivity index (χ2n) is 10.6. The fourth-order valence-corrected chi connectivity index (χ4v) is 4.91. The van der Waals surface area contributed by atoms with Gasteiger partial charge >= 0.3 is 0 Å². The van der Waals surface area contributed by atoms with Gasteiger partial charge in [-0.3, -0.25) is 9.48 Å². The van der Waals surface area contributed by atoms with Crippen LogP contribution in [-0.2, 0) is 22.7 Å². The standard InChI is InChI=1S/C27H36ClFN6O3Si/c1-7-38-19(3)26-32-25(16-34(26)17-37-10-11-39(4,5)6)27(36)31-18(2)15-35-9-8-24(33-35)20-12-22(28)21(14-30)23(29)13-20/h8-9,12-13,16,18-19H,7,10-11,15,17H2,1-6H3,(H,31,36). The first kappa shape index (κ1) is 30.5. The fourth-order valence-electron chi connectivity index (χ4n) is 3.90. The molecular formula is C27H36ClFN6O3Si. The number of imidazole rings is 1. The molecule has 3 rings (SSSR count). The summed E-state index contributed by atoms with van der Waals surface area (Å²) >= 11 is 6.03. The number of aromatic nitrogens is 4. The number of carbonyl (C=O) groups excluding carboxylic acids is 1. The Morgan fingerprint density at radius 3 is 2.69 bits per heavy atom. The largest absolute Gasteiger partial charge is 0.371 e. The molecule has 0 saturated carbocycles. The molecule has 0 aliphatic carbocycles. The highest BCUT2D eigenvalue weighted by atomic mass is 35.5. The molecule has 0 radical (unpaired) electrons. The van der Waals surface area contributed by atoms with Crippen molar-refractivity contribution in [3.8, 4) is 17.3 Å². The van der Waals surface area contributed by atoms with Crippen molar-refractivity contribution in [3.05, 3.63) is 58.5 Å². The molecule has 3 aromatic rings. The SMILES string of the molecule is CCOC(C)c1nc(C(=O)NC(C)Cn2ccc(-c3cc(F)c(C#N)c(Cl)c3)n2)cn1COCC[Si](C)(C)C. The third-order valence-electron chi connectivity index (χ3n) is 5.98. The van der Waals surface area contributed by atoms with Crippen LogP contribution in [0.25, 0.3) is 11.3 Å². The summed E-state index contributed by atoms with van der Waals surface area (Å²) in [5.74, 6) is -0.386. The smallest absolute Gasteiger partial charge is 0.271 e. The van der Waals surface area contributed by atoms with E-state index in [0.29, 0.717) is 43.6 Å². The first-order valence-corrected chi connectivity index (χ1v) is 17.0. The number of amides is 1. The number of nitrogens with one attached hydrogen (secondary N) is 1. The molecule has 0 fully saturated rings. The molecule has 0 spiro atoms. The quantitative estimate of drug-likeness (QED) is 0.209. The lowest BCUT2D eigenvalue weighted by molar-refractivity contribution is 0.0486. The number of halogens is 2. The summed E-state index contributed by atoms with van der Waals surface area (Å²) in [5, 5.41) is 16.5. The van der Waals surface area contributed by atoms with Crippen LogP contribution >= 0.6 is 11.6 Å². The van der Waals surface area contributed by atoms with E-state index >= 15 is 0 Å². The zero-order valence-corrected chi connectivity index (χ0v) is 25.0. The summed E-state index contributed by atoms with van der Waals surface area (Å²) < 4.78 is 29.3. The molecule has 0 saturated heterocycles. The van der Waals surface area contributed by atoms with Crippen LogP contribution in [-0.4, -0.2) is 52.6 Å².